The number of benzene rings is 2. The minimum atomic E-state index is -0.213. The van der Waals surface area contributed by atoms with Gasteiger partial charge in [-0.05, 0) is 68.4 Å². The molecule has 0 bridgehead atoms. The number of likely N-dealkylation sites (tertiary alicyclic amines) is 1. The number of imide groups is 1. The Morgan fingerprint density at radius 3 is 2.23 bits per heavy atom. The molecule has 156 valence electrons. The van der Waals surface area contributed by atoms with Crippen molar-refractivity contribution >= 4 is 23.1 Å². The maximum Gasteiger partial charge on any atom is 0.282 e. The number of hydrogen-bond donors (Lipinski definition) is 0. The summed E-state index contributed by atoms with van der Waals surface area (Å²) in [5, 5.41) is 0. The van der Waals surface area contributed by atoms with E-state index >= 15 is 0 Å². The molecule has 0 spiro atoms. The molecule has 4 rings (SSSR count). The standard InChI is InChI=1S/C26H30N2O2/c1-4-5-8-20-10-12-21(13-11-20)28-25(29)23(22-14-9-18(2)17-19(22)3)24(26(28)30)27-15-6-7-16-27/h9-14,17H,4-8,15-16H2,1-3H3. The number of carbonyl (C=O) groups excluding carboxylic acids is 2. The van der Waals surface area contributed by atoms with Crippen molar-refractivity contribution in [2.45, 2.75) is 52.9 Å². The molecule has 0 aromatic heterocycles. The van der Waals surface area contributed by atoms with Gasteiger partial charge in [-0.15, -0.1) is 0 Å². The highest BCUT2D eigenvalue weighted by Gasteiger charge is 2.43. The van der Waals surface area contributed by atoms with E-state index in [1.54, 1.807) is 0 Å². The van der Waals surface area contributed by atoms with Gasteiger partial charge in [0, 0.05) is 13.1 Å². The summed E-state index contributed by atoms with van der Waals surface area (Å²) < 4.78 is 0. The van der Waals surface area contributed by atoms with E-state index in [9.17, 15) is 9.59 Å². The maximum absolute atomic E-state index is 13.6. The van der Waals surface area contributed by atoms with Crippen LogP contribution in [0.25, 0.3) is 5.57 Å². The van der Waals surface area contributed by atoms with Crippen LogP contribution in [0.2, 0.25) is 0 Å². The van der Waals surface area contributed by atoms with Gasteiger partial charge in [0.1, 0.15) is 5.70 Å². The Bertz CT molecular complexity index is 998. The second-order valence-corrected chi connectivity index (χ2v) is 8.45. The third-order valence-corrected chi connectivity index (χ3v) is 6.15. The van der Waals surface area contributed by atoms with Crippen molar-refractivity contribution in [2.24, 2.45) is 0 Å². The van der Waals surface area contributed by atoms with Gasteiger partial charge in [-0.25, -0.2) is 4.90 Å². The first-order valence-corrected chi connectivity index (χ1v) is 11.1. The minimum Gasteiger partial charge on any atom is -0.366 e. The highest BCUT2D eigenvalue weighted by atomic mass is 16.2. The second-order valence-electron chi connectivity index (χ2n) is 8.45. The van der Waals surface area contributed by atoms with Crippen LogP contribution in [-0.4, -0.2) is 29.8 Å². The molecule has 2 heterocycles. The van der Waals surface area contributed by atoms with Gasteiger partial charge in [-0.3, -0.25) is 9.59 Å². The van der Waals surface area contributed by atoms with E-state index in [1.807, 2.05) is 50.2 Å². The summed E-state index contributed by atoms with van der Waals surface area (Å²) in [7, 11) is 0. The molecule has 2 aromatic rings. The first-order valence-electron chi connectivity index (χ1n) is 11.1. The van der Waals surface area contributed by atoms with Gasteiger partial charge in [0.2, 0.25) is 0 Å². The molecule has 1 fully saturated rings. The number of amides is 2. The van der Waals surface area contributed by atoms with Crippen molar-refractivity contribution in [1.29, 1.82) is 0 Å². The highest BCUT2D eigenvalue weighted by Crippen LogP contribution is 2.37. The van der Waals surface area contributed by atoms with E-state index in [-0.39, 0.29) is 11.8 Å². The molecule has 0 radical (unpaired) electrons. The van der Waals surface area contributed by atoms with Gasteiger partial charge < -0.3 is 4.90 Å². The molecule has 2 amide bonds. The molecule has 2 aliphatic heterocycles. The average Bonchev–Trinajstić information content (AvgIpc) is 3.33. The fraction of sp³-hybridized carbons (Fsp3) is 0.385. The predicted molar refractivity (Wildman–Crippen MR) is 121 cm³/mol. The molecule has 1 saturated heterocycles. The molecule has 0 unspecified atom stereocenters. The lowest BCUT2D eigenvalue weighted by Gasteiger charge is -2.20. The van der Waals surface area contributed by atoms with Gasteiger partial charge in [-0.2, -0.15) is 0 Å². The highest BCUT2D eigenvalue weighted by molar-refractivity contribution is 6.45. The quantitative estimate of drug-likeness (QED) is 0.637. The molecular formula is C26H30N2O2. The van der Waals surface area contributed by atoms with Crippen LogP contribution >= 0.6 is 0 Å². The summed E-state index contributed by atoms with van der Waals surface area (Å²) >= 11 is 0. The van der Waals surface area contributed by atoms with E-state index in [0.29, 0.717) is 17.0 Å². The topological polar surface area (TPSA) is 40.6 Å². The van der Waals surface area contributed by atoms with Crippen molar-refractivity contribution in [1.82, 2.24) is 4.90 Å². The molecule has 30 heavy (non-hydrogen) atoms. The van der Waals surface area contributed by atoms with E-state index < -0.39 is 0 Å². The van der Waals surface area contributed by atoms with Crippen molar-refractivity contribution in [3.63, 3.8) is 0 Å². The molecule has 0 aliphatic carbocycles. The van der Waals surface area contributed by atoms with Crippen LogP contribution in [0.4, 0.5) is 5.69 Å². The molecule has 0 atom stereocenters. The zero-order valence-corrected chi connectivity index (χ0v) is 18.2. The van der Waals surface area contributed by atoms with E-state index in [2.05, 4.69) is 17.9 Å². The summed E-state index contributed by atoms with van der Waals surface area (Å²) in [5.74, 6) is -0.409. The fourth-order valence-electron chi connectivity index (χ4n) is 4.52. The van der Waals surface area contributed by atoms with Crippen LogP contribution in [-0.2, 0) is 16.0 Å². The van der Waals surface area contributed by atoms with Crippen LogP contribution < -0.4 is 4.90 Å². The maximum atomic E-state index is 13.6. The fourth-order valence-corrected chi connectivity index (χ4v) is 4.52. The Kier molecular flexibility index (Phi) is 5.76. The smallest absolute Gasteiger partial charge is 0.282 e. The first kappa shape index (κ1) is 20.4. The SMILES string of the molecule is CCCCc1ccc(N2C(=O)C(c3ccc(C)cc3C)=C(N3CCCC3)C2=O)cc1. The number of carbonyl (C=O) groups is 2. The number of nitrogens with zero attached hydrogens (tertiary/aromatic N) is 2. The van der Waals surface area contributed by atoms with Gasteiger partial charge in [0.05, 0.1) is 11.3 Å². The summed E-state index contributed by atoms with van der Waals surface area (Å²) in [4.78, 5) is 30.6. The van der Waals surface area contributed by atoms with Crippen molar-refractivity contribution < 1.29 is 9.59 Å². The Morgan fingerprint density at radius 2 is 1.60 bits per heavy atom. The lowest BCUT2D eigenvalue weighted by atomic mass is 9.97. The number of aryl methyl sites for hydroxylation is 3. The number of rotatable bonds is 6. The summed E-state index contributed by atoms with van der Waals surface area (Å²) in [5.41, 5.74) is 6.05. The molecule has 2 aliphatic rings. The lowest BCUT2D eigenvalue weighted by Crippen LogP contribution is -2.34. The van der Waals surface area contributed by atoms with Crippen LogP contribution in [0.15, 0.2) is 48.2 Å². The third-order valence-electron chi connectivity index (χ3n) is 6.15. The normalized spacial score (nSPS) is 16.9. The zero-order chi connectivity index (χ0) is 21.3. The van der Waals surface area contributed by atoms with E-state index in [0.717, 1.165) is 61.9 Å². The molecule has 4 heteroatoms. The van der Waals surface area contributed by atoms with Crippen LogP contribution in [0.3, 0.4) is 0 Å². The zero-order valence-electron chi connectivity index (χ0n) is 18.2. The Morgan fingerprint density at radius 1 is 0.900 bits per heavy atom. The molecule has 2 aromatic carbocycles. The average molecular weight is 403 g/mol. The molecular weight excluding hydrogens is 372 g/mol. The largest absolute Gasteiger partial charge is 0.366 e. The molecule has 4 nitrogen and oxygen atoms in total. The van der Waals surface area contributed by atoms with Crippen LogP contribution in [0, 0.1) is 13.8 Å². The van der Waals surface area contributed by atoms with Gasteiger partial charge >= 0.3 is 0 Å². The Labute approximate surface area is 179 Å². The number of hydrogen-bond acceptors (Lipinski definition) is 3. The summed E-state index contributed by atoms with van der Waals surface area (Å²) in [6.07, 6.45) is 5.41. The number of anilines is 1. The van der Waals surface area contributed by atoms with Crippen LogP contribution in [0.5, 0.6) is 0 Å². The van der Waals surface area contributed by atoms with E-state index in [1.165, 1.54) is 10.5 Å². The number of unbranched alkanes of at least 4 members (excludes halogenated alkanes) is 1. The van der Waals surface area contributed by atoms with Gasteiger partial charge in [-0.1, -0.05) is 49.2 Å². The first-order chi connectivity index (χ1) is 14.5. The third kappa shape index (κ3) is 3.67. The van der Waals surface area contributed by atoms with Gasteiger partial charge in [0.15, 0.2) is 0 Å². The van der Waals surface area contributed by atoms with E-state index in [4.69, 9.17) is 0 Å². The van der Waals surface area contributed by atoms with Gasteiger partial charge in [0.25, 0.3) is 11.8 Å². The van der Waals surface area contributed by atoms with Crippen molar-refractivity contribution in [3.05, 3.63) is 70.4 Å². The Balaban J connectivity index is 1.74. The van der Waals surface area contributed by atoms with Crippen molar-refractivity contribution in [3.8, 4) is 0 Å². The molecule has 0 saturated carbocycles. The van der Waals surface area contributed by atoms with Crippen LogP contribution in [0.1, 0.15) is 54.9 Å². The second kappa shape index (κ2) is 8.47. The molecule has 0 N–H and O–H groups in total. The predicted octanol–water partition coefficient (Wildman–Crippen LogP) is 5.03. The monoisotopic (exact) mass is 402 g/mol. The summed E-state index contributed by atoms with van der Waals surface area (Å²) in [6, 6.07) is 14.0. The van der Waals surface area contributed by atoms with Crippen molar-refractivity contribution in [2.75, 3.05) is 18.0 Å². The lowest BCUT2D eigenvalue weighted by molar-refractivity contribution is -0.120. The minimum absolute atomic E-state index is 0.196. The summed E-state index contributed by atoms with van der Waals surface area (Å²) in [6.45, 7) is 7.88. The Hall–Kier alpha value is -2.88.